The number of urea groups is 1. The first-order valence-electron chi connectivity index (χ1n) is 6.56. The quantitative estimate of drug-likeness (QED) is 0.888. The monoisotopic (exact) mass is 304 g/mol. The van der Waals surface area contributed by atoms with Crippen molar-refractivity contribution in [2.75, 3.05) is 12.4 Å². The molecule has 0 fully saturated rings. The summed E-state index contributed by atoms with van der Waals surface area (Å²) in [4.78, 5) is 12.1. The zero-order valence-corrected chi connectivity index (χ0v) is 12.6. The highest BCUT2D eigenvalue weighted by Gasteiger charge is 2.13. The molecule has 1 atom stereocenters. The van der Waals surface area contributed by atoms with Gasteiger partial charge in [-0.2, -0.15) is 0 Å². The molecule has 2 N–H and O–H groups in total. The summed E-state index contributed by atoms with van der Waals surface area (Å²) in [6.45, 7) is 1.88. The minimum atomic E-state index is -0.313. The summed E-state index contributed by atoms with van der Waals surface area (Å²) in [5, 5.41) is 6.24. The van der Waals surface area contributed by atoms with Gasteiger partial charge in [-0.05, 0) is 30.7 Å². The highest BCUT2D eigenvalue weighted by Crippen LogP contribution is 2.24. The standard InChI is InChI=1S/C16H17ClN2O2/c1-11(12-7-3-4-8-13(12)17)18-16(20)19-14-9-5-6-10-15(14)21-2/h3-11H,1-2H3,(H2,18,19,20). The van der Waals surface area contributed by atoms with Crippen LogP contribution in [0.5, 0.6) is 5.75 Å². The number of carbonyl (C=O) groups is 1. The van der Waals surface area contributed by atoms with E-state index >= 15 is 0 Å². The number of nitrogens with one attached hydrogen (secondary N) is 2. The second-order valence-corrected chi connectivity index (χ2v) is 4.95. The molecule has 0 heterocycles. The number of hydrogen-bond acceptors (Lipinski definition) is 2. The Morgan fingerprint density at radius 1 is 1.14 bits per heavy atom. The van der Waals surface area contributed by atoms with E-state index in [9.17, 15) is 4.79 Å². The van der Waals surface area contributed by atoms with Crippen LogP contribution in [-0.2, 0) is 0 Å². The smallest absolute Gasteiger partial charge is 0.319 e. The Morgan fingerprint density at radius 2 is 1.81 bits per heavy atom. The molecule has 0 radical (unpaired) electrons. The Morgan fingerprint density at radius 3 is 2.52 bits per heavy atom. The molecule has 0 aliphatic rings. The SMILES string of the molecule is COc1ccccc1NC(=O)NC(C)c1ccccc1Cl. The first-order valence-corrected chi connectivity index (χ1v) is 6.94. The largest absolute Gasteiger partial charge is 0.495 e. The van der Waals surface area contributed by atoms with Gasteiger partial charge in [0.2, 0.25) is 0 Å². The molecule has 21 heavy (non-hydrogen) atoms. The number of anilines is 1. The van der Waals surface area contributed by atoms with Crippen LogP contribution in [0.15, 0.2) is 48.5 Å². The number of hydrogen-bond donors (Lipinski definition) is 2. The van der Waals surface area contributed by atoms with Crippen LogP contribution in [0.3, 0.4) is 0 Å². The number of halogens is 1. The molecular formula is C16H17ClN2O2. The summed E-state index contributed by atoms with van der Waals surface area (Å²) < 4.78 is 5.19. The zero-order valence-electron chi connectivity index (χ0n) is 11.9. The normalized spacial score (nSPS) is 11.6. The Hall–Kier alpha value is -2.20. The van der Waals surface area contributed by atoms with Crippen LogP contribution < -0.4 is 15.4 Å². The second kappa shape index (κ2) is 6.99. The highest BCUT2D eigenvalue weighted by atomic mass is 35.5. The zero-order chi connectivity index (χ0) is 15.2. The number of rotatable bonds is 4. The highest BCUT2D eigenvalue weighted by molar-refractivity contribution is 6.31. The lowest BCUT2D eigenvalue weighted by molar-refractivity contribution is 0.249. The Kier molecular flexibility index (Phi) is 5.06. The van der Waals surface area contributed by atoms with Gasteiger partial charge in [-0.15, -0.1) is 0 Å². The van der Waals surface area contributed by atoms with Crippen molar-refractivity contribution in [1.29, 1.82) is 0 Å². The third-order valence-electron chi connectivity index (χ3n) is 3.07. The minimum absolute atomic E-state index is 0.201. The maximum atomic E-state index is 12.1. The van der Waals surface area contributed by atoms with Gasteiger partial charge in [0.25, 0.3) is 0 Å². The third-order valence-corrected chi connectivity index (χ3v) is 3.42. The Bertz CT molecular complexity index is 631. The van der Waals surface area contributed by atoms with Gasteiger partial charge < -0.3 is 15.4 Å². The number of para-hydroxylation sites is 2. The van der Waals surface area contributed by atoms with Crippen molar-refractivity contribution in [2.45, 2.75) is 13.0 Å². The molecule has 0 aliphatic carbocycles. The molecule has 5 heteroatoms. The van der Waals surface area contributed by atoms with Crippen LogP contribution >= 0.6 is 11.6 Å². The summed E-state index contributed by atoms with van der Waals surface area (Å²) in [6, 6.07) is 14.1. The first kappa shape index (κ1) is 15.2. The Labute approximate surface area is 129 Å². The van der Waals surface area contributed by atoms with E-state index in [-0.39, 0.29) is 12.1 Å². The van der Waals surface area contributed by atoms with E-state index in [2.05, 4.69) is 10.6 Å². The molecule has 4 nitrogen and oxygen atoms in total. The van der Waals surface area contributed by atoms with Gasteiger partial charge in [0.1, 0.15) is 5.75 Å². The molecule has 0 spiro atoms. The molecule has 0 saturated carbocycles. The molecule has 0 aromatic heterocycles. The molecule has 0 aliphatic heterocycles. The summed E-state index contributed by atoms with van der Waals surface area (Å²) >= 11 is 6.12. The van der Waals surface area contributed by atoms with E-state index in [1.807, 2.05) is 37.3 Å². The summed E-state index contributed by atoms with van der Waals surface area (Å²) in [5.41, 5.74) is 1.48. The first-order chi connectivity index (χ1) is 10.1. The van der Waals surface area contributed by atoms with Gasteiger partial charge in [0.05, 0.1) is 18.8 Å². The van der Waals surface area contributed by atoms with E-state index in [0.29, 0.717) is 16.5 Å². The topological polar surface area (TPSA) is 50.4 Å². The molecule has 2 rings (SSSR count). The predicted molar refractivity (Wildman–Crippen MR) is 85.0 cm³/mol. The number of amides is 2. The molecule has 2 amide bonds. The van der Waals surface area contributed by atoms with Crippen molar-refractivity contribution in [3.63, 3.8) is 0 Å². The molecule has 1 unspecified atom stereocenters. The van der Waals surface area contributed by atoms with Crippen molar-refractivity contribution in [2.24, 2.45) is 0 Å². The number of carbonyl (C=O) groups excluding carboxylic acids is 1. The molecule has 2 aromatic rings. The van der Waals surface area contributed by atoms with Crippen LogP contribution in [-0.4, -0.2) is 13.1 Å². The van der Waals surface area contributed by atoms with E-state index in [4.69, 9.17) is 16.3 Å². The fourth-order valence-corrected chi connectivity index (χ4v) is 2.31. The van der Waals surface area contributed by atoms with Crippen LogP contribution in [0.2, 0.25) is 5.02 Å². The lowest BCUT2D eigenvalue weighted by atomic mass is 10.1. The van der Waals surface area contributed by atoms with Crippen LogP contribution in [0.4, 0.5) is 10.5 Å². The van der Waals surface area contributed by atoms with Crippen molar-refractivity contribution >= 4 is 23.3 Å². The molecule has 0 bridgehead atoms. The fraction of sp³-hybridized carbons (Fsp3) is 0.188. The second-order valence-electron chi connectivity index (χ2n) is 4.54. The van der Waals surface area contributed by atoms with Crippen molar-refractivity contribution < 1.29 is 9.53 Å². The number of ether oxygens (including phenoxy) is 1. The third kappa shape index (κ3) is 3.89. The van der Waals surface area contributed by atoms with Crippen molar-refractivity contribution in [3.05, 3.63) is 59.1 Å². The van der Waals surface area contributed by atoms with Gasteiger partial charge in [-0.3, -0.25) is 0 Å². The lowest BCUT2D eigenvalue weighted by Crippen LogP contribution is -2.31. The van der Waals surface area contributed by atoms with Gasteiger partial charge in [0, 0.05) is 5.02 Å². The van der Waals surface area contributed by atoms with Crippen LogP contribution in [0, 0.1) is 0 Å². The summed E-state index contributed by atoms with van der Waals surface area (Å²) in [7, 11) is 1.56. The average Bonchev–Trinajstić information content (AvgIpc) is 2.48. The van der Waals surface area contributed by atoms with Crippen LogP contribution in [0.25, 0.3) is 0 Å². The van der Waals surface area contributed by atoms with E-state index < -0.39 is 0 Å². The van der Waals surface area contributed by atoms with Crippen molar-refractivity contribution in [1.82, 2.24) is 5.32 Å². The predicted octanol–water partition coefficient (Wildman–Crippen LogP) is 4.23. The molecule has 110 valence electrons. The summed E-state index contributed by atoms with van der Waals surface area (Å²) in [6.07, 6.45) is 0. The number of methoxy groups -OCH3 is 1. The van der Waals surface area contributed by atoms with Crippen LogP contribution in [0.1, 0.15) is 18.5 Å². The average molecular weight is 305 g/mol. The molecule has 0 saturated heterocycles. The van der Waals surface area contributed by atoms with Gasteiger partial charge in [-0.1, -0.05) is 41.9 Å². The fourth-order valence-electron chi connectivity index (χ4n) is 2.01. The van der Waals surface area contributed by atoms with Gasteiger partial charge in [0.15, 0.2) is 0 Å². The number of benzene rings is 2. The molecular weight excluding hydrogens is 288 g/mol. The minimum Gasteiger partial charge on any atom is -0.495 e. The van der Waals surface area contributed by atoms with Crippen molar-refractivity contribution in [3.8, 4) is 5.75 Å². The summed E-state index contributed by atoms with van der Waals surface area (Å²) in [5.74, 6) is 0.609. The lowest BCUT2D eigenvalue weighted by Gasteiger charge is -2.17. The maximum absolute atomic E-state index is 12.1. The van der Waals surface area contributed by atoms with Gasteiger partial charge >= 0.3 is 6.03 Å². The maximum Gasteiger partial charge on any atom is 0.319 e. The van der Waals surface area contributed by atoms with E-state index in [1.54, 1.807) is 25.3 Å². The van der Waals surface area contributed by atoms with E-state index in [1.165, 1.54) is 0 Å². The Balaban J connectivity index is 2.03. The van der Waals surface area contributed by atoms with E-state index in [0.717, 1.165) is 5.56 Å². The van der Waals surface area contributed by atoms with Gasteiger partial charge in [-0.25, -0.2) is 4.79 Å². The molecule has 2 aromatic carbocycles.